The maximum atomic E-state index is 11.8. The molecule has 0 atom stereocenters. The molecule has 0 amide bonds. The average molecular weight is 488 g/mol. The Balaban J connectivity index is 0.00000312. The highest BCUT2D eigenvalue weighted by atomic mass is 127. The smallest absolute Gasteiger partial charge is 0.214 e. The highest BCUT2D eigenvalue weighted by Crippen LogP contribution is 2.44. The highest BCUT2D eigenvalue weighted by Gasteiger charge is 2.36. The van der Waals surface area contributed by atoms with Gasteiger partial charge in [-0.2, -0.15) is 0 Å². The van der Waals surface area contributed by atoms with Gasteiger partial charge < -0.3 is 15.4 Å². The van der Waals surface area contributed by atoms with E-state index in [-0.39, 0.29) is 35.1 Å². The van der Waals surface area contributed by atoms with Crippen LogP contribution in [0.4, 0.5) is 0 Å². The second-order valence-electron chi connectivity index (χ2n) is 6.79. The normalized spacial score (nSPS) is 22.1. The van der Waals surface area contributed by atoms with Gasteiger partial charge in [-0.05, 0) is 38.0 Å². The van der Waals surface area contributed by atoms with Crippen LogP contribution in [0.25, 0.3) is 0 Å². The Kier molecular flexibility index (Phi) is 9.97. The first kappa shape index (κ1) is 22.9. The van der Waals surface area contributed by atoms with E-state index in [0.29, 0.717) is 19.6 Å². The van der Waals surface area contributed by atoms with Gasteiger partial charge in [-0.25, -0.2) is 12.7 Å². The molecule has 2 rings (SSSR count). The summed E-state index contributed by atoms with van der Waals surface area (Å²) in [6.45, 7) is 6.13. The molecule has 9 heteroatoms. The van der Waals surface area contributed by atoms with Gasteiger partial charge in [0.1, 0.15) is 0 Å². The average Bonchev–Trinajstić information content (AvgIpc) is 2.84. The van der Waals surface area contributed by atoms with Crippen LogP contribution in [-0.2, 0) is 14.8 Å². The van der Waals surface area contributed by atoms with Gasteiger partial charge in [-0.1, -0.05) is 6.42 Å². The number of guanidine groups is 1. The molecule has 0 spiro atoms. The molecular formula is C16H33IN4O3S. The number of hydrogen-bond donors (Lipinski definition) is 2. The monoisotopic (exact) mass is 488 g/mol. The summed E-state index contributed by atoms with van der Waals surface area (Å²) in [6.07, 6.45) is 5.49. The largest absolute Gasteiger partial charge is 0.385 e. The lowest BCUT2D eigenvalue weighted by Crippen LogP contribution is -2.43. The maximum Gasteiger partial charge on any atom is 0.214 e. The lowest BCUT2D eigenvalue weighted by molar-refractivity contribution is 0.0778. The van der Waals surface area contributed by atoms with Gasteiger partial charge in [0.05, 0.1) is 5.75 Å². The molecule has 0 aromatic carbocycles. The predicted molar refractivity (Wildman–Crippen MR) is 112 cm³/mol. The molecule has 1 aliphatic carbocycles. The number of rotatable bonds is 9. The number of halogens is 1. The number of nitrogens with zero attached hydrogens (tertiary/aromatic N) is 2. The number of methoxy groups -OCH3 is 1. The zero-order valence-corrected chi connectivity index (χ0v) is 18.6. The standard InChI is InChI=1S/C16H32N4O3S.HI/c1-3-17-15(18-9-11-20-10-5-13-24(20,21)22)19-14-16(6-4-7-16)8-12-23-2;/h3-14H2,1-2H3,(H2,17,18,19);1H. The van der Waals surface area contributed by atoms with Crippen molar-refractivity contribution in [3.05, 3.63) is 0 Å². The molecule has 148 valence electrons. The fraction of sp³-hybridized carbons (Fsp3) is 0.938. The molecule has 0 aromatic heterocycles. The van der Waals surface area contributed by atoms with Crippen LogP contribution < -0.4 is 10.6 Å². The number of nitrogens with one attached hydrogen (secondary N) is 2. The zero-order chi connectivity index (χ0) is 17.5. The summed E-state index contributed by atoms with van der Waals surface area (Å²) in [5.74, 6) is 1.06. The van der Waals surface area contributed by atoms with E-state index in [1.807, 2.05) is 6.92 Å². The SMILES string of the molecule is CCNC(=NCC1(CCOC)CCC1)NCCN1CCCS1(=O)=O.I. The van der Waals surface area contributed by atoms with Crippen LogP contribution in [0, 0.1) is 5.41 Å². The Hall–Kier alpha value is -0.130. The molecule has 0 aromatic rings. The van der Waals surface area contributed by atoms with Crippen molar-refractivity contribution in [2.45, 2.75) is 39.0 Å². The number of hydrogen-bond acceptors (Lipinski definition) is 4. The molecule has 0 bridgehead atoms. The first-order chi connectivity index (χ1) is 11.5. The van der Waals surface area contributed by atoms with Gasteiger partial charge in [0.25, 0.3) is 0 Å². The van der Waals surface area contributed by atoms with E-state index < -0.39 is 10.0 Å². The van der Waals surface area contributed by atoms with Crippen molar-refractivity contribution in [3.8, 4) is 0 Å². The topological polar surface area (TPSA) is 83.0 Å². The molecular weight excluding hydrogens is 455 g/mol. The molecule has 2 aliphatic rings. The van der Waals surface area contributed by atoms with Crippen molar-refractivity contribution in [3.63, 3.8) is 0 Å². The number of aliphatic imine (C=N–C) groups is 1. The highest BCUT2D eigenvalue weighted by molar-refractivity contribution is 14.0. The summed E-state index contributed by atoms with van der Waals surface area (Å²) in [5.41, 5.74) is 0.288. The summed E-state index contributed by atoms with van der Waals surface area (Å²) in [7, 11) is -1.28. The molecule has 1 aliphatic heterocycles. The van der Waals surface area contributed by atoms with E-state index in [1.54, 1.807) is 11.4 Å². The van der Waals surface area contributed by atoms with Crippen LogP contribution in [0.2, 0.25) is 0 Å². The molecule has 7 nitrogen and oxygen atoms in total. The Morgan fingerprint density at radius 2 is 2.04 bits per heavy atom. The summed E-state index contributed by atoms with van der Waals surface area (Å²) in [6, 6.07) is 0. The van der Waals surface area contributed by atoms with E-state index in [2.05, 4.69) is 10.6 Å². The van der Waals surface area contributed by atoms with Crippen LogP contribution in [-0.4, -0.2) is 70.9 Å². The van der Waals surface area contributed by atoms with Crippen LogP contribution in [0.1, 0.15) is 39.0 Å². The van der Waals surface area contributed by atoms with Crippen molar-refractivity contribution in [2.24, 2.45) is 10.4 Å². The second kappa shape index (κ2) is 10.9. The maximum absolute atomic E-state index is 11.8. The minimum absolute atomic E-state index is 0. The minimum Gasteiger partial charge on any atom is -0.385 e. The fourth-order valence-corrected chi connectivity index (χ4v) is 4.84. The number of ether oxygens (including phenoxy) is 1. The number of sulfonamides is 1. The van der Waals surface area contributed by atoms with Gasteiger partial charge in [-0.3, -0.25) is 4.99 Å². The summed E-state index contributed by atoms with van der Waals surface area (Å²) in [4.78, 5) is 4.73. The van der Waals surface area contributed by atoms with Crippen LogP contribution in [0.15, 0.2) is 4.99 Å². The summed E-state index contributed by atoms with van der Waals surface area (Å²) in [5, 5.41) is 6.51. The molecule has 1 heterocycles. The van der Waals surface area contributed by atoms with Crippen LogP contribution in [0.5, 0.6) is 0 Å². The Morgan fingerprint density at radius 1 is 1.28 bits per heavy atom. The van der Waals surface area contributed by atoms with Crippen molar-refractivity contribution in [2.75, 3.05) is 52.2 Å². The van der Waals surface area contributed by atoms with Crippen molar-refractivity contribution in [1.29, 1.82) is 0 Å². The molecule has 2 N–H and O–H groups in total. The minimum atomic E-state index is -3.02. The van der Waals surface area contributed by atoms with E-state index in [0.717, 1.165) is 38.5 Å². The van der Waals surface area contributed by atoms with E-state index in [1.165, 1.54) is 19.3 Å². The summed E-state index contributed by atoms with van der Waals surface area (Å²) >= 11 is 0. The van der Waals surface area contributed by atoms with E-state index in [4.69, 9.17) is 9.73 Å². The molecule has 0 unspecified atom stereocenters. The molecule has 0 radical (unpaired) electrons. The lowest BCUT2D eigenvalue weighted by Gasteiger charge is -2.40. The zero-order valence-electron chi connectivity index (χ0n) is 15.4. The van der Waals surface area contributed by atoms with Gasteiger partial charge in [0.15, 0.2) is 5.96 Å². The van der Waals surface area contributed by atoms with E-state index in [9.17, 15) is 8.42 Å². The predicted octanol–water partition coefficient (Wildman–Crippen LogP) is 1.40. The fourth-order valence-electron chi connectivity index (χ4n) is 3.31. The Bertz CT molecular complexity index is 523. The van der Waals surface area contributed by atoms with Crippen LogP contribution in [0.3, 0.4) is 0 Å². The van der Waals surface area contributed by atoms with Crippen LogP contribution >= 0.6 is 24.0 Å². The quantitative estimate of drug-likeness (QED) is 0.291. The van der Waals surface area contributed by atoms with Gasteiger partial charge >= 0.3 is 0 Å². The van der Waals surface area contributed by atoms with Gasteiger partial charge in [0, 0.05) is 46.4 Å². The van der Waals surface area contributed by atoms with Gasteiger partial charge in [0.2, 0.25) is 10.0 Å². The lowest BCUT2D eigenvalue weighted by atomic mass is 9.67. The third-order valence-electron chi connectivity index (χ3n) is 5.02. The van der Waals surface area contributed by atoms with Crippen molar-refractivity contribution in [1.82, 2.24) is 14.9 Å². The molecule has 1 saturated heterocycles. The Morgan fingerprint density at radius 3 is 2.56 bits per heavy atom. The van der Waals surface area contributed by atoms with Crippen molar-refractivity contribution >= 4 is 40.0 Å². The third-order valence-corrected chi connectivity index (χ3v) is 6.98. The molecule has 2 fully saturated rings. The second-order valence-corrected chi connectivity index (χ2v) is 8.88. The first-order valence-electron chi connectivity index (χ1n) is 9.00. The van der Waals surface area contributed by atoms with Gasteiger partial charge in [-0.15, -0.1) is 24.0 Å². The third kappa shape index (κ3) is 6.84. The summed E-state index contributed by atoms with van der Waals surface area (Å²) < 4.78 is 30.4. The Labute approximate surface area is 169 Å². The molecule has 25 heavy (non-hydrogen) atoms. The molecule has 1 saturated carbocycles. The first-order valence-corrected chi connectivity index (χ1v) is 10.6. The van der Waals surface area contributed by atoms with Crippen molar-refractivity contribution < 1.29 is 13.2 Å². The van der Waals surface area contributed by atoms with E-state index >= 15 is 0 Å².